The summed E-state index contributed by atoms with van der Waals surface area (Å²) in [6.07, 6.45) is 1.57. The number of carboxylic acids is 1. The lowest BCUT2D eigenvalue weighted by molar-refractivity contribution is -0.149. The summed E-state index contributed by atoms with van der Waals surface area (Å²) in [5.41, 5.74) is 1.57. The molecule has 1 fully saturated rings. The fourth-order valence-corrected chi connectivity index (χ4v) is 3.31. The van der Waals surface area contributed by atoms with Gasteiger partial charge in [-0.3, -0.25) is 9.59 Å². The fraction of sp³-hybridized carbons (Fsp3) is 0.318. The van der Waals surface area contributed by atoms with Crippen molar-refractivity contribution in [3.8, 4) is 5.75 Å². The lowest BCUT2D eigenvalue weighted by Gasteiger charge is -2.25. The molecule has 152 valence electrons. The summed E-state index contributed by atoms with van der Waals surface area (Å²) in [5, 5.41) is 9.55. The molecule has 0 radical (unpaired) electrons. The van der Waals surface area contributed by atoms with E-state index in [1.807, 2.05) is 36.4 Å². The van der Waals surface area contributed by atoms with E-state index in [9.17, 15) is 19.5 Å². The van der Waals surface area contributed by atoms with Gasteiger partial charge in [-0.15, -0.1) is 0 Å². The first-order chi connectivity index (χ1) is 14.0. The number of likely N-dealkylation sites (N-methyl/N-ethyl adjacent to an activating group) is 1. The van der Waals surface area contributed by atoms with Crippen LogP contribution in [0.2, 0.25) is 0 Å². The molecule has 0 aliphatic carbocycles. The van der Waals surface area contributed by atoms with E-state index in [4.69, 9.17) is 4.74 Å². The molecule has 1 N–H and O–H groups in total. The smallest absolute Gasteiger partial charge is 0.326 e. The Morgan fingerprint density at radius 2 is 1.93 bits per heavy atom. The van der Waals surface area contributed by atoms with Gasteiger partial charge in [-0.25, -0.2) is 4.79 Å². The van der Waals surface area contributed by atoms with E-state index >= 15 is 0 Å². The van der Waals surface area contributed by atoms with Gasteiger partial charge in [0.05, 0.1) is 0 Å². The molecule has 1 aliphatic rings. The van der Waals surface area contributed by atoms with Crippen LogP contribution in [0.1, 0.15) is 18.4 Å². The van der Waals surface area contributed by atoms with E-state index in [1.165, 1.54) is 11.9 Å². The van der Waals surface area contributed by atoms with Gasteiger partial charge in [0.15, 0.2) is 6.61 Å². The van der Waals surface area contributed by atoms with Gasteiger partial charge in [0.25, 0.3) is 5.91 Å². The number of rotatable bonds is 8. The molecule has 2 aromatic carbocycles. The molecule has 1 atom stereocenters. The van der Waals surface area contributed by atoms with Crippen LogP contribution in [0.15, 0.2) is 54.6 Å². The van der Waals surface area contributed by atoms with Gasteiger partial charge in [-0.2, -0.15) is 0 Å². The summed E-state index contributed by atoms with van der Waals surface area (Å²) in [5.74, 6) is -0.975. The van der Waals surface area contributed by atoms with E-state index in [0.717, 1.165) is 17.7 Å². The number of carbonyl (C=O) groups is 3. The SMILES string of the molecule is CN(C(=O)COc1cccc(N2CCCC2=O)c1)C(Cc1ccccc1)C(=O)O. The normalized spacial score (nSPS) is 14.5. The van der Waals surface area contributed by atoms with Crippen LogP contribution in [0.5, 0.6) is 5.75 Å². The lowest BCUT2D eigenvalue weighted by Crippen LogP contribution is -2.45. The molecule has 7 nitrogen and oxygen atoms in total. The van der Waals surface area contributed by atoms with Gasteiger partial charge in [0.1, 0.15) is 11.8 Å². The highest BCUT2D eigenvalue weighted by Crippen LogP contribution is 2.25. The Balaban J connectivity index is 1.61. The van der Waals surface area contributed by atoms with Crippen molar-refractivity contribution in [1.29, 1.82) is 0 Å². The maximum atomic E-state index is 12.5. The average molecular weight is 396 g/mol. The largest absolute Gasteiger partial charge is 0.484 e. The Bertz CT molecular complexity index is 884. The highest BCUT2D eigenvalue weighted by Gasteiger charge is 2.27. The van der Waals surface area contributed by atoms with Crippen molar-refractivity contribution < 1.29 is 24.2 Å². The predicted octanol–water partition coefficient (Wildman–Crippen LogP) is 2.35. The van der Waals surface area contributed by atoms with Gasteiger partial charge in [0.2, 0.25) is 5.91 Å². The Morgan fingerprint density at radius 1 is 1.17 bits per heavy atom. The van der Waals surface area contributed by atoms with E-state index in [1.54, 1.807) is 23.1 Å². The molecule has 0 bridgehead atoms. The van der Waals surface area contributed by atoms with Gasteiger partial charge < -0.3 is 19.6 Å². The average Bonchev–Trinajstić information content (AvgIpc) is 3.16. The lowest BCUT2D eigenvalue weighted by atomic mass is 10.1. The van der Waals surface area contributed by atoms with E-state index in [2.05, 4.69) is 0 Å². The molecule has 1 heterocycles. The fourth-order valence-electron chi connectivity index (χ4n) is 3.31. The van der Waals surface area contributed by atoms with Crippen molar-refractivity contribution >= 4 is 23.5 Å². The maximum Gasteiger partial charge on any atom is 0.326 e. The number of nitrogens with zero attached hydrogens (tertiary/aromatic N) is 2. The minimum absolute atomic E-state index is 0.0724. The minimum Gasteiger partial charge on any atom is -0.484 e. The van der Waals surface area contributed by atoms with Gasteiger partial charge in [-0.05, 0) is 24.1 Å². The van der Waals surface area contributed by atoms with Crippen molar-refractivity contribution in [2.45, 2.75) is 25.3 Å². The number of anilines is 1. The van der Waals surface area contributed by atoms with Crippen molar-refractivity contribution in [3.63, 3.8) is 0 Å². The molecular formula is C22H24N2O5. The van der Waals surface area contributed by atoms with Crippen LogP contribution < -0.4 is 9.64 Å². The molecule has 1 aliphatic heterocycles. The zero-order valence-corrected chi connectivity index (χ0v) is 16.3. The Hall–Kier alpha value is -3.35. The second-order valence-corrected chi connectivity index (χ2v) is 6.98. The van der Waals surface area contributed by atoms with Crippen LogP contribution >= 0.6 is 0 Å². The molecule has 0 aromatic heterocycles. The predicted molar refractivity (Wildman–Crippen MR) is 108 cm³/mol. The molecule has 29 heavy (non-hydrogen) atoms. The molecule has 2 amide bonds. The van der Waals surface area contributed by atoms with E-state index < -0.39 is 17.9 Å². The summed E-state index contributed by atoms with van der Waals surface area (Å²) in [7, 11) is 1.47. The first-order valence-electron chi connectivity index (χ1n) is 9.51. The molecule has 0 saturated carbocycles. The topological polar surface area (TPSA) is 87.2 Å². The van der Waals surface area contributed by atoms with Crippen LogP contribution in [0.3, 0.4) is 0 Å². The highest BCUT2D eigenvalue weighted by molar-refractivity contribution is 5.95. The van der Waals surface area contributed by atoms with Crippen LogP contribution in [0.25, 0.3) is 0 Å². The Morgan fingerprint density at radius 3 is 2.59 bits per heavy atom. The van der Waals surface area contributed by atoms with E-state index in [-0.39, 0.29) is 18.9 Å². The second kappa shape index (κ2) is 9.23. The molecule has 1 unspecified atom stereocenters. The van der Waals surface area contributed by atoms with Crippen LogP contribution in [-0.4, -0.2) is 54.0 Å². The molecule has 3 rings (SSSR count). The van der Waals surface area contributed by atoms with Crippen molar-refractivity contribution in [2.24, 2.45) is 0 Å². The number of hydrogen-bond donors (Lipinski definition) is 1. The quantitative estimate of drug-likeness (QED) is 0.740. The van der Waals surface area contributed by atoms with Crippen molar-refractivity contribution in [3.05, 3.63) is 60.2 Å². The number of aliphatic carboxylic acids is 1. The summed E-state index contributed by atoms with van der Waals surface area (Å²) in [6, 6.07) is 15.2. The van der Waals surface area contributed by atoms with Crippen molar-refractivity contribution in [2.75, 3.05) is 25.1 Å². The highest BCUT2D eigenvalue weighted by atomic mass is 16.5. The monoisotopic (exact) mass is 396 g/mol. The number of carboxylic acid groups (broad SMARTS) is 1. The summed E-state index contributed by atoms with van der Waals surface area (Å²) in [4.78, 5) is 39.0. The van der Waals surface area contributed by atoms with Crippen LogP contribution in [0.4, 0.5) is 5.69 Å². The Kier molecular flexibility index (Phi) is 6.49. The van der Waals surface area contributed by atoms with Gasteiger partial charge in [-0.1, -0.05) is 36.4 Å². The van der Waals surface area contributed by atoms with E-state index in [0.29, 0.717) is 18.7 Å². The maximum absolute atomic E-state index is 12.5. The first kappa shape index (κ1) is 20.4. The number of amides is 2. The number of ether oxygens (including phenoxy) is 1. The van der Waals surface area contributed by atoms with Gasteiger partial charge in [0, 0.05) is 38.2 Å². The molecule has 1 saturated heterocycles. The minimum atomic E-state index is -1.07. The molecular weight excluding hydrogens is 372 g/mol. The zero-order valence-electron chi connectivity index (χ0n) is 16.3. The van der Waals surface area contributed by atoms with Crippen LogP contribution in [-0.2, 0) is 20.8 Å². The Labute approximate surface area is 169 Å². The zero-order chi connectivity index (χ0) is 20.8. The third-order valence-electron chi connectivity index (χ3n) is 4.98. The van der Waals surface area contributed by atoms with Gasteiger partial charge >= 0.3 is 5.97 Å². The molecule has 0 spiro atoms. The third-order valence-corrected chi connectivity index (χ3v) is 4.98. The van der Waals surface area contributed by atoms with Crippen LogP contribution in [0, 0.1) is 0 Å². The standard InChI is InChI=1S/C22H24N2O5/c1-23(19(22(27)28)13-16-7-3-2-4-8-16)21(26)15-29-18-10-5-9-17(14-18)24-12-6-11-20(24)25/h2-5,7-10,14,19H,6,11-13,15H2,1H3,(H,27,28). The molecule has 2 aromatic rings. The third kappa shape index (κ3) is 5.13. The summed E-state index contributed by atoms with van der Waals surface area (Å²) < 4.78 is 5.58. The number of hydrogen-bond acceptors (Lipinski definition) is 4. The first-order valence-corrected chi connectivity index (χ1v) is 9.51. The number of carbonyl (C=O) groups excluding carboxylic acids is 2. The number of benzene rings is 2. The second-order valence-electron chi connectivity index (χ2n) is 6.98. The van der Waals surface area contributed by atoms with Crippen molar-refractivity contribution in [1.82, 2.24) is 4.90 Å². The summed E-state index contributed by atoms with van der Waals surface area (Å²) in [6.45, 7) is 0.385. The summed E-state index contributed by atoms with van der Waals surface area (Å²) >= 11 is 0. The molecule has 7 heteroatoms.